The molecule has 3 aromatic heterocycles. The monoisotopic (exact) mass is 440 g/mol. The number of piperidine rings is 1. The first-order valence-electron chi connectivity index (χ1n) is 10.7. The second-order valence-corrected chi connectivity index (χ2v) is 8.75. The number of hydrogen-bond donors (Lipinski definition) is 1. The lowest BCUT2D eigenvalue weighted by atomic mass is 9.99. The van der Waals surface area contributed by atoms with Gasteiger partial charge in [-0.1, -0.05) is 11.6 Å². The predicted octanol–water partition coefficient (Wildman–Crippen LogP) is 2.39. The van der Waals surface area contributed by atoms with Crippen LogP contribution < -0.4 is 10.6 Å². The van der Waals surface area contributed by atoms with Crippen molar-refractivity contribution in [2.24, 2.45) is 5.73 Å². The van der Waals surface area contributed by atoms with Gasteiger partial charge in [0.2, 0.25) is 0 Å². The first kappa shape index (κ1) is 20.1. The fourth-order valence-corrected chi connectivity index (χ4v) is 4.64. The van der Waals surface area contributed by atoms with Gasteiger partial charge in [0.25, 0.3) is 5.91 Å². The summed E-state index contributed by atoms with van der Waals surface area (Å²) in [5.41, 5.74) is 9.06. The molecule has 2 saturated heterocycles. The maximum absolute atomic E-state index is 13.1. The second kappa shape index (κ2) is 8.05. The topological polar surface area (TPSA) is 106 Å². The molecule has 2 aliphatic rings. The standard InChI is InChI=1S/C21H25ClN8O/c1-13-11-30-19(24-20(13)28-9-7-14(23)12-28)10-16(27-30)17-4-2-3-8-29(17)21(31)15-5-6-18(22)26-25-15/h5-6,10-11,14,17H,2-4,7-9,12,23H2,1H3/t14-,17-/m0/s1. The summed E-state index contributed by atoms with van der Waals surface area (Å²) in [5, 5.41) is 12.8. The highest BCUT2D eigenvalue weighted by Gasteiger charge is 2.32. The van der Waals surface area contributed by atoms with E-state index in [-0.39, 0.29) is 23.1 Å². The van der Waals surface area contributed by atoms with E-state index < -0.39 is 0 Å². The smallest absolute Gasteiger partial charge is 0.274 e. The Bertz CT molecular complexity index is 1110. The molecule has 2 atom stereocenters. The number of fused-ring (bicyclic) bond motifs is 1. The van der Waals surface area contributed by atoms with Crippen LogP contribution in [0.5, 0.6) is 0 Å². The highest BCUT2D eigenvalue weighted by atomic mass is 35.5. The molecule has 2 N–H and O–H groups in total. The van der Waals surface area contributed by atoms with Crippen LogP contribution in [0, 0.1) is 6.92 Å². The van der Waals surface area contributed by atoms with Crippen LogP contribution in [-0.4, -0.2) is 61.3 Å². The van der Waals surface area contributed by atoms with Crippen LogP contribution in [0.2, 0.25) is 5.15 Å². The number of carbonyl (C=O) groups excluding carboxylic acids is 1. The van der Waals surface area contributed by atoms with Crippen molar-refractivity contribution >= 4 is 29.0 Å². The van der Waals surface area contributed by atoms with Gasteiger partial charge in [0.1, 0.15) is 5.82 Å². The van der Waals surface area contributed by atoms with Crippen LogP contribution in [0.3, 0.4) is 0 Å². The predicted molar refractivity (Wildman–Crippen MR) is 117 cm³/mol. The van der Waals surface area contributed by atoms with Crippen molar-refractivity contribution in [3.8, 4) is 0 Å². The molecule has 0 spiro atoms. The van der Waals surface area contributed by atoms with E-state index in [0.717, 1.165) is 61.5 Å². The third kappa shape index (κ3) is 3.83. The molecule has 2 fully saturated rings. The van der Waals surface area contributed by atoms with E-state index in [9.17, 15) is 4.79 Å². The Morgan fingerprint density at radius 3 is 2.81 bits per heavy atom. The molecule has 162 valence electrons. The number of halogens is 1. The summed E-state index contributed by atoms with van der Waals surface area (Å²) in [6, 6.07) is 5.26. The van der Waals surface area contributed by atoms with Crippen molar-refractivity contribution in [1.82, 2.24) is 29.7 Å². The van der Waals surface area contributed by atoms with E-state index in [1.807, 2.05) is 28.6 Å². The Morgan fingerprint density at radius 1 is 1.19 bits per heavy atom. The Morgan fingerprint density at radius 2 is 2.06 bits per heavy atom. The summed E-state index contributed by atoms with van der Waals surface area (Å²) >= 11 is 5.82. The van der Waals surface area contributed by atoms with Gasteiger partial charge in [0.15, 0.2) is 16.5 Å². The molecule has 5 heterocycles. The average molecular weight is 441 g/mol. The summed E-state index contributed by atoms with van der Waals surface area (Å²) in [4.78, 5) is 22.1. The lowest BCUT2D eigenvalue weighted by Gasteiger charge is -2.34. The molecule has 31 heavy (non-hydrogen) atoms. The Hall–Kier alpha value is -2.78. The van der Waals surface area contributed by atoms with Crippen molar-refractivity contribution in [2.75, 3.05) is 24.5 Å². The van der Waals surface area contributed by atoms with E-state index in [0.29, 0.717) is 12.2 Å². The van der Waals surface area contributed by atoms with E-state index in [1.165, 1.54) is 0 Å². The number of amides is 1. The summed E-state index contributed by atoms with van der Waals surface area (Å²) in [6.45, 7) is 4.44. The summed E-state index contributed by atoms with van der Waals surface area (Å²) in [7, 11) is 0. The van der Waals surface area contributed by atoms with Gasteiger partial charge in [-0.25, -0.2) is 9.50 Å². The molecule has 1 amide bonds. The molecular formula is C21H25ClN8O. The Balaban J connectivity index is 1.46. The minimum atomic E-state index is -0.151. The van der Waals surface area contributed by atoms with Crippen molar-refractivity contribution in [1.29, 1.82) is 0 Å². The molecule has 0 radical (unpaired) electrons. The molecule has 0 unspecified atom stereocenters. The van der Waals surface area contributed by atoms with Gasteiger partial charge < -0.3 is 15.5 Å². The Kier molecular flexibility index (Phi) is 5.23. The fraction of sp³-hybridized carbons (Fsp3) is 0.476. The van der Waals surface area contributed by atoms with Crippen molar-refractivity contribution in [3.05, 3.63) is 46.5 Å². The van der Waals surface area contributed by atoms with Gasteiger partial charge in [-0.05, 0) is 44.7 Å². The SMILES string of the molecule is Cc1cn2nc([C@@H]3CCCCN3C(=O)c3ccc(Cl)nn3)cc2nc1N1CC[C@H](N)C1. The number of rotatable bonds is 3. The number of nitrogens with two attached hydrogens (primary N) is 1. The third-order valence-electron chi connectivity index (χ3n) is 6.10. The van der Waals surface area contributed by atoms with Gasteiger partial charge in [0, 0.05) is 43.5 Å². The molecule has 0 bridgehead atoms. The van der Waals surface area contributed by atoms with Gasteiger partial charge >= 0.3 is 0 Å². The fourth-order valence-electron chi connectivity index (χ4n) is 4.54. The third-order valence-corrected chi connectivity index (χ3v) is 6.31. The molecule has 0 aromatic carbocycles. The number of aryl methyl sites for hydroxylation is 1. The van der Waals surface area contributed by atoms with E-state index in [1.54, 1.807) is 12.1 Å². The maximum Gasteiger partial charge on any atom is 0.274 e. The number of hydrogen-bond acceptors (Lipinski definition) is 7. The first-order valence-corrected chi connectivity index (χ1v) is 11.0. The van der Waals surface area contributed by atoms with Crippen molar-refractivity contribution in [2.45, 2.75) is 44.7 Å². The lowest BCUT2D eigenvalue weighted by molar-refractivity contribution is 0.0598. The summed E-state index contributed by atoms with van der Waals surface area (Å²) < 4.78 is 1.81. The van der Waals surface area contributed by atoms with E-state index in [4.69, 9.17) is 27.4 Å². The number of aromatic nitrogens is 5. The van der Waals surface area contributed by atoms with Crippen LogP contribution in [0.25, 0.3) is 5.65 Å². The van der Waals surface area contributed by atoms with Crippen LogP contribution >= 0.6 is 11.6 Å². The molecule has 0 aliphatic carbocycles. The summed E-state index contributed by atoms with van der Waals surface area (Å²) in [6.07, 6.45) is 5.82. The number of carbonyl (C=O) groups is 1. The first-order chi connectivity index (χ1) is 15.0. The van der Waals surface area contributed by atoms with Gasteiger partial charge in [-0.3, -0.25) is 4.79 Å². The van der Waals surface area contributed by atoms with E-state index in [2.05, 4.69) is 15.1 Å². The largest absolute Gasteiger partial charge is 0.355 e. The molecule has 9 nitrogen and oxygen atoms in total. The highest BCUT2D eigenvalue weighted by Crippen LogP contribution is 2.32. The normalized spacial score (nSPS) is 21.8. The lowest BCUT2D eigenvalue weighted by Crippen LogP contribution is -2.39. The minimum absolute atomic E-state index is 0.121. The van der Waals surface area contributed by atoms with Gasteiger partial charge in [0.05, 0.1) is 11.7 Å². The molecule has 2 aliphatic heterocycles. The molecule has 10 heteroatoms. The minimum Gasteiger partial charge on any atom is -0.355 e. The zero-order chi connectivity index (χ0) is 21.5. The number of nitrogens with zero attached hydrogens (tertiary/aromatic N) is 7. The highest BCUT2D eigenvalue weighted by molar-refractivity contribution is 6.29. The van der Waals surface area contributed by atoms with Crippen LogP contribution in [0.15, 0.2) is 24.4 Å². The molecule has 3 aromatic rings. The van der Waals surface area contributed by atoms with Gasteiger partial charge in [-0.15, -0.1) is 10.2 Å². The molecule has 5 rings (SSSR count). The van der Waals surface area contributed by atoms with Crippen LogP contribution in [0.4, 0.5) is 5.82 Å². The quantitative estimate of drug-likeness (QED) is 0.666. The van der Waals surface area contributed by atoms with Crippen molar-refractivity contribution < 1.29 is 4.79 Å². The van der Waals surface area contributed by atoms with Crippen molar-refractivity contribution in [3.63, 3.8) is 0 Å². The maximum atomic E-state index is 13.1. The van der Waals surface area contributed by atoms with Gasteiger partial charge in [-0.2, -0.15) is 5.10 Å². The average Bonchev–Trinajstić information content (AvgIpc) is 3.39. The summed E-state index contributed by atoms with van der Waals surface area (Å²) in [5.74, 6) is 0.807. The zero-order valence-corrected chi connectivity index (χ0v) is 18.2. The molecule has 0 saturated carbocycles. The Labute approximate surface area is 185 Å². The second-order valence-electron chi connectivity index (χ2n) is 8.37. The number of likely N-dealkylation sites (tertiary alicyclic amines) is 1. The van der Waals surface area contributed by atoms with E-state index >= 15 is 0 Å². The number of anilines is 1. The van der Waals surface area contributed by atoms with Crippen LogP contribution in [-0.2, 0) is 0 Å². The zero-order valence-electron chi connectivity index (χ0n) is 17.4. The van der Waals surface area contributed by atoms with Crippen LogP contribution in [0.1, 0.15) is 53.5 Å². The molecular weight excluding hydrogens is 416 g/mol.